The van der Waals surface area contributed by atoms with Crippen molar-refractivity contribution in [3.05, 3.63) is 44.1 Å². The van der Waals surface area contributed by atoms with Crippen LogP contribution in [-0.2, 0) is 6.42 Å². The summed E-state index contributed by atoms with van der Waals surface area (Å²) in [6.45, 7) is 2.08. The zero-order valence-corrected chi connectivity index (χ0v) is 13.9. The zero-order valence-electron chi connectivity index (χ0n) is 11.5. The van der Waals surface area contributed by atoms with Crippen molar-refractivity contribution >= 4 is 33.0 Å². The van der Waals surface area contributed by atoms with E-state index < -0.39 is 0 Å². The minimum atomic E-state index is -0.0115. The predicted octanol–water partition coefficient (Wildman–Crippen LogP) is 4.32. The summed E-state index contributed by atoms with van der Waals surface area (Å²) < 4.78 is 11.2. The molecule has 0 saturated heterocycles. The highest BCUT2D eigenvalue weighted by atomic mass is 79.9. The third kappa shape index (κ3) is 2.88. The molecule has 0 unspecified atom stereocenters. The Kier molecular flexibility index (Phi) is 4.83. The molecule has 106 valence electrons. The fraction of sp³-hybridized carbons (Fsp3) is 0.267. The van der Waals surface area contributed by atoms with Crippen LogP contribution in [0.2, 0.25) is 0 Å². The second kappa shape index (κ2) is 6.41. The van der Waals surface area contributed by atoms with Crippen LogP contribution in [0.15, 0.2) is 28.7 Å². The zero-order chi connectivity index (χ0) is 14.7. The van der Waals surface area contributed by atoms with Gasteiger partial charge in [0.1, 0.15) is 0 Å². The van der Waals surface area contributed by atoms with Crippen LogP contribution in [0.5, 0.6) is 11.5 Å². The molecule has 1 heterocycles. The van der Waals surface area contributed by atoms with Crippen molar-refractivity contribution in [3.8, 4) is 11.5 Å². The van der Waals surface area contributed by atoms with E-state index in [0.717, 1.165) is 11.3 Å². The van der Waals surface area contributed by atoms with Gasteiger partial charge in [-0.2, -0.15) is 0 Å². The monoisotopic (exact) mass is 354 g/mol. The van der Waals surface area contributed by atoms with E-state index in [1.54, 1.807) is 26.4 Å². The van der Waals surface area contributed by atoms with E-state index in [4.69, 9.17) is 9.47 Å². The molecule has 1 aromatic heterocycles. The molecule has 0 N–H and O–H groups in total. The Bertz CT molecular complexity index is 634. The second-order valence-electron chi connectivity index (χ2n) is 4.14. The predicted molar refractivity (Wildman–Crippen MR) is 84.4 cm³/mol. The van der Waals surface area contributed by atoms with E-state index in [1.807, 2.05) is 12.1 Å². The topological polar surface area (TPSA) is 35.5 Å². The van der Waals surface area contributed by atoms with Gasteiger partial charge in [-0.25, -0.2) is 0 Å². The normalized spacial score (nSPS) is 10.4. The summed E-state index contributed by atoms with van der Waals surface area (Å²) in [4.78, 5) is 14.5. The summed E-state index contributed by atoms with van der Waals surface area (Å²) in [7, 11) is 3.12. The Morgan fingerprint density at radius 3 is 2.40 bits per heavy atom. The molecule has 0 spiro atoms. The maximum Gasteiger partial charge on any atom is 0.204 e. The summed E-state index contributed by atoms with van der Waals surface area (Å²) in [5.41, 5.74) is 0.576. The van der Waals surface area contributed by atoms with Gasteiger partial charge < -0.3 is 9.47 Å². The summed E-state index contributed by atoms with van der Waals surface area (Å²) in [5, 5.41) is 0. The lowest BCUT2D eigenvalue weighted by Crippen LogP contribution is -2.02. The first kappa shape index (κ1) is 15.1. The lowest BCUT2D eigenvalue weighted by Gasteiger charge is -2.10. The van der Waals surface area contributed by atoms with E-state index in [-0.39, 0.29) is 5.78 Å². The molecule has 0 aliphatic heterocycles. The number of aryl methyl sites for hydroxylation is 1. The molecule has 0 aliphatic carbocycles. The molecule has 0 fully saturated rings. The number of hydrogen-bond donors (Lipinski definition) is 0. The molecule has 0 amide bonds. The highest BCUT2D eigenvalue weighted by molar-refractivity contribution is 9.10. The summed E-state index contributed by atoms with van der Waals surface area (Å²) in [6, 6.07) is 7.32. The maximum atomic E-state index is 12.5. The molecule has 2 rings (SSSR count). The number of carbonyl (C=O) groups excluding carboxylic acids is 1. The minimum absolute atomic E-state index is 0.0115. The van der Waals surface area contributed by atoms with Gasteiger partial charge in [0.25, 0.3) is 0 Å². The minimum Gasteiger partial charge on any atom is -0.493 e. The Morgan fingerprint density at radius 1 is 1.20 bits per heavy atom. The highest BCUT2D eigenvalue weighted by Crippen LogP contribution is 2.35. The summed E-state index contributed by atoms with van der Waals surface area (Å²) >= 11 is 4.95. The van der Waals surface area contributed by atoms with Crippen molar-refractivity contribution in [2.45, 2.75) is 13.3 Å². The lowest BCUT2D eigenvalue weighted by molar-refractivity contribution is 0.104. The second-order valence-corrected chi connectivity index (χ2v) is 6.16. The molecule has 20 heavy (non-hydrogen) atoms. The average Bonchev–Trinajstić information content (AvgIpc) is 2.95. The standard InChI is InChI=1S/C15H15BrO3S/c1-4-9-5-6-14(20-9)15(17)10-7-12(18-2)13(19-3)8-11(10)16/h5-8H,4H2,1-3H3. The van der Waals surface area contributed by atoms with Crippen molar-refractivity contribution in [2.24, 2.45) is 0 Å². The van der Waals surface area contributed by atoms with Crippen LogP contribution in [-0.4, -0.2) is 20.0 Å². The molecular weight excluding hydrogens is 340 g/mol. The first-order chi connectivity index (χ1) is 9.60. The van der Waals surface area contributed by atoms with Crippen molar-refractivity contribution in [2.75, 3.05) is 14.2 Å². The Morgan fingerprint density at radius 2 is 1.85 bits per heavy atom. The smallest absolute Gasteiger partial charge is 0.204 e. The molecule has 0 saturated carbocycles. The van der Waals surface area contributed by atoms with Crippen molar-refractivity contribution in [3.63, 3.8) is 0 Å². The van der Waals surface area contributed by atoms with E-state index in [2.05, 4.69) is 22.9 Å². The van der Waals surface area contributed by atoms with Crippen molar-refractivity contribution < 1.29 is 14.3 Å². The first-order valence-electron chi connectivity index (χ1n) is 6.15. The SMILES string of the molecule is CCc1ccc(C(=O)c2cc(OC)c(OC)cc2Br)s1. The molecule has 1 aromatic carbocycles. The molecule has 0 radical (unpaired) electrons. The van der Waals surface area contributed by atoms with E-state index in [9.17, 15) is 4.79 Å². The van der Waals surface area contributed by atoms with Gasteiger partial charge in [0.2, 0.25) is 5.78 Å². The van der Waals surface area contributed by atoms with Crippen LogP contribution >= 0.6 is 27.3 Å². The molecular formula is C15H15BrO3S. The Balaban J connectivity index is 2.43. The fourth-order valence-electron chi connectivity index (χ4n) is 1.85. The van der Waals surface area contributed by atoms with Gasteiger partial charge in [0.05, 0.1) is 19.1 Å². The number of carbonyl (C=O) groups is 1. The number of rotatable bonds is 5. The first-order valence-corrected chi connectivity index (χ1v) is 7.76. The summed E-state index contributed by atoms with van der Waals surface area (Å²) in [5.74, 6) is 1.13. The van der Waals surface area contributed by atoms with Crippen LogP contribution in [0.1, 0.15) is 27.0 Å². The third-order valence-electron chi connectivity index (χ3n) is 2.95. The number of halogens is 1. The van der Waals surface area contributed by atoms with Crippen LogP contribution in [0.4, 0.5) is 0 Å². The maximum absolute atomic E-state index is 12.5. The Labute approximate surface area is 130 Å². The van der Waals surface area contributed by atoms with Gasteiger partial charge in [-0.05, 0) is 46.6 Å². The van der Waals surface area contributed by atoms with Gasteiger partial charge >= 0.3 is 0 Å². The van der Waals surface area contributed by atoms with Crippen LogP contribution in [0, 0.1) is 0 Å². The number of ketones is 1. The molecule has 3 nitrogen and oxygen atoms in total. The summed E-state index contributed by atoms with van der Waals surface area (Å²) in [6.07, 6.45) is 0.936. The molecule has 2 aromatic rings. The molecule has 0 atom stereocenters. The van der Waals surface area contributed by atoms with Gasteiger partial charge in [0.15, 0.2) is 11.5 Å². The average molecular weight is 355 g/mol. The van der Waals surface area contributed by atoms with Crippen molar-refractivity contribution in [1.82, 2.24) is 0 Å². The Hall–Kier alpha value is -1.33. The van der Waals surface area contributed by atoms with Crippen LogP contribution < -0.4 is 9.47 Å². The van der Waals surface area contributed by atoms with Gasteiger partial charge in [-0.15, -0.1) is 11.3 Å². The highest BCUT2D eigenvalue weighted by Gasteiger charge is 2.18. The number of ether oxygens (including phenoxy) is 2. The van der Waals surface area contributed by atoms with E-state index in [0.29, 0.717) is 21.5 Å². The molecule has 5 heteroatoms. The number of hydrogen-bond acceptors (Lipinski definition) is 4. The van der Waals surface area contributed by atoms with E-state index in [1.165, 1.54) is 16.2 Å². The van der Waals surface area contributed by atoms with Gasteiger partial charge in [0, 0.05) is 14.9 Å². The van der Waals surface area contributed by atoms with Crippen molar-refractivity contribution in [1.29, 1.82) is 0 Å². The molecule has 0 aliphatic rings. The van der Waals surface area contributed by atoms with Crippen LogP contribution in [0.3, 0.4) is 0 Å². The fourth-order valence-corrected chi connectivity index (χ4v) is 3.25. The number of benzene rings is 1. The van der Waals surface area contributed by atoms with Crippen LogP contribution in [0.25, 0.3) is 0 Å². The third-order valence-corrected chi connectivity index (χ3v) is 4.84. The lowest BCUT2D eigenvalue weighted by atomic mass is 10.1. The van der Waals surface area contributed by atoms with E-state index >= 15 is 0 Å². The van der Waals surface area contributed by atoms with Gasteiger partial charge in [-0.1, -0.05) is 6.92 Å². The molecule has 0 bridgehead atoms. The number of methoxy groups -OCH3 is 2. The quantitative estimate of drug-likeness (QED) is 0.750. The number of thiophene rings is 1. The largest absolute Gasteiger partial charge is 0.493 e. The van der Waals surface area contributed by atoms with Gasteiger partial charge in [-0.3, -0.25) is 4.79 Å².